The number of benzene rings is 1. The van der Waals surface area contributed by atoms with Crippen LogP contribution in [0.25, 0.3) is 0 Å². The van der Waals surface area contributed by atoms with Crippen molar-refractivity contribution >= 4 is 5.69 Å². The summed E-state index contributed by atoms with van der Waals surface area (Å²) in [5.41, 5.74) is 3.04. The minimum atomic E-state index is -0.690. The summed E-state index contributed by atoms with van der Waals surface area (Å²) < 4.78 is 1.07. The Morgan fingerprint density at radius 2 is 2.06 bits per heavy atom. The number of H-pyrrole nitrogens is 1. The van der Waals surface area contributed by atoms with Crippen LogP contribution in [0.3, 0.4) is 0 Å². The maximum absolute atomic E-state index is 11.6. The lowest BCUT2D eigenvalue weighted by molar-refractivity contribution is 0.824. The first-order chi connectivity index (χ1) is 8.61. The van der Waals surface area contributed by atoms with Gasteiger partial charge >= 0.3 is 5.69 Å². The zero-order valence-corrected chi connectivity index (χ0v) is 9.60. The van der Waals surface area contributed by atoms with Crippen molar-refractivity contribution in [3.63, 3.8) is 0 Å². The Balaban J connectivity index is 2.48. The molecule has 0 saturated heterocycles. The zero-order valence-electron chi connectivity index (χ0n) is 9.60. The summed E-state index contributed by atoms with van der Waals surface area (Å²) in [6.45, 7) is 1.88. The molecule has 0 atom stereocenters. The van der Waals surface area contributed by atoms with Crippen LogP contribution in [0.5, 0.6) is 0 Å². The molecule has 0 bridgehead atoms. The number of aryl methyl sites for hydroxylation is 1. The van der Waals surface area contributed by atoms with Crippen LogP contribution in [0.1, 0.15) is 11.1 Å². The van der Waals surface area contributed by atoms with Crippen molar-refractivity contribution < 1.29 is 0 Å². The number of nitrogens with zero attached hydrogens (tertiary/aromatic N) is 2. The van der Waals surface area contributed by atoms with E-state index in [0.717, 1.165) is 15.9 Å². The highest BCUT2D eigenvalue weighted by Crippen LogP contribution is 2.12. The predicted molar refractivity (Wildman–Crippen MR) is 66.2 cm³/mol. The van der Waals surface area contributed by atoms with Crippen molar-refractivity contribution in [3.05, 3.63) is 62.4 Å². The molecule has 1 aromatic heterocycles. The number of para-hydroxylation sites is 1. The van der Waals surface area contributed by atoms with Gasteiger partial charge in [-0.05, 0) is 18.6 Å². The van der Waals surface area contributed by atoms with Gasteiger partial charge in [-0.3, -0.25) is 15.2 Å². The normalized spacial score (nSPS) is 9.78. The molecule has 6 heteroatoms. The standard InChI is InChI=1S/C12H10N4O2/c1-8-4-2-3-5-10(8)15-16-7-9(6-13)11(17)14-12(16)18/h2-5,7,15H,1H3,(H,14,17,18). The van der Waals surface area contributed by atoms with E-state index in [0.29, 0.717) is 0 Å². The lowest BCUT2D eigenvalue weighted by atomic mass is 10.2. The van der Waals surface area contributed by atoms with E-state index in [4.69, 9.17) is 5.26 Å². The van der Waals surface area contributed by atoms with Gasteiger partial charge < -0.3 is 0 Å². The number of nitriles is 1. The maximum Gasteiger partial charge on any atom is 0.347 e. The molecule has 6 nitrogen and oxygen atoms in total. The fourth-order valence-electron chi connectivity index (χ4n) is 1.46. The third-order valence-electron chi connectivity index (χ3n) is 2.45. The van der Waals surface area contributed by atoms with Crippen LogP contribution in [-0.4, -0.2) is 9.66 Å². The van der Waals surface area contributed by atoms with Gasteiger partial charge in [-0.1, -0.05) is 18.2 Å². The van der Waals surface area contributed by atoms with Crippen molar-refractivity contribution in [3.8, 4) is 6.07 Å². The second kappa shape index (κ2) is 4.59. The molecule has 0 aliphatic carbocycles. The van der Waals surface area contributed by atoms with Gasteiger partial charge in [0.2, 0.25) is 0 Å². The minimum absolute atomic E-state index is 0.129. The molecule has 0 amide bonds. The highest BCUT2D eigenvalue weighted by atomic mass is 16.2. The van der Waals surface area contributed by atoms with Crippen molar-refractivity contribution in [2.75, 3.05) is 5.43 Å². The van der Waals surface area contributed by atoms with E-state index >= 15 is 0 Å². The first-order valence-corrected chi connectivity index (χ1v) is 5.20. The summed E-state index contributed by atoms with van der Waals surface area (Å²) in [5, 5.41) is 8.74. The van der Waals surface area contributed by atoms with Gasteiger partial charge in [0.05, 0.1) is 11.9 Å². The molecule has 0 radical (unpaired) electrons. The van der Waals surface area contributed by atoms with Gasteiger partial charge in [-0.25, -0.2) is 9.47 Å². The Bertz CT molecular complexity index is 737. The Morgan fingerprint density at radius 3 is 2.72 bits per heavy atom. The molecule has 1 aromatic carbocycles. The van der Waals surface area contributed by atoms with Gasteiger partial charge in [0, 0.05) is 0 Å². The topological polar surface area (TPSA) is 90.7 Å². The zero-order chi connectivity index (χ0) is 13.1. The molecule has 0 fully saturated rings. The summed E-state index contributed by atoms with van der Waals surface area (Å²) in [5.74, 6) is 0. The number of nitrogens with one attached hydrogen (secondary N) is 2. The smallest absolute Gasteiger partial charge is 0.290 e. The molecule has 1 heterocycles. The van der Waals surface area contributed by atoms with Crippen molar-refractivity contribution in [2.45, 2.75) is 6.92 Å². The molecule has 0 unspecified atom stereocenters. The van der Waals surface area contributed by atoms with E-state index in [9.17, 15) is 9.59 Å². The molecule has 0 spiro atoms. The summed E-state index contributed by atoms with van der Waals surface area (Å²) in [7, 11) is 0. The average Bonchev–Trinajstić information content (AvgIpc) is 2.35. The van der Waals surface area contributed by atoms with Crippen molar-refractivity contribution in [2.24, 2.45) is 0 Å². The molecule has 0 aliphatic heterocycles. The van der Waals surface area contributed by atoms with Gasteiger partial charge in [-0.15, -0.1) is 0 Å². The Labute approximate surface area is 102 Å². The number of rotatable bonds is 2. The minimum Gasteiger partial charge on any atom is -0.290 e. The number of anilines is 1. The summed E-state index contributed by atoms with van der Waals surface area (Å²) >= 11 is 0. The summed E-state index contributed by atoms with van der Waals surface area (Å²) in [6, 6.07) is 9.08. The summed E-state index contributed by atoms with van der Waals surface area (Å²) in [4.78, 5) is 24.8. The van der Waals surface area contributed by atoms with E-state index in [-0.39, 0.29) is 5.56 Å². The fraction of sp³-hybridized carbons (Fsp3) is 0.0833. The van der Waals surface area contributed by atoms with Crippen LogP contribution in [0.15, 0.2) is 40.1 Å². The Morgan fingerprint density at radius 1 is 1.33 bits per heavy atom. The van der Waals surface area contributed by atoms with Crippen LogP contribution in [0.4, 0.5) is 5.69 Å². The molecule has 2 aromatic rings. The molecular weight excluding hydrogens is 232 g/mol. The SMILES string of the molecule is Cc1ccccc1Nn1cc(C#N)c(=O)[nH]c1=O. The fourth-order valence-corrected chi connectivity index (χ4v) is 1.46. The molecule has 18 heavy (non-hydrogen) atoms. The molecular formula is C12H10N4O2. The second-order valence-electron chi connectivity index (χ2n) is 3.71. The largest absolute Gasteiger partial charge is 0.347 e. The lowest BCUT2D eigenvalue weighted by Crippen LogP contribution is -2.34. The van der Waals surface area contributed by atoms with E-state index in [1.807, 2.05) is 25.1 Å². The number of aromatic amines is 1. The first-order valence-electron chi connectivity index (χ1n) is 5.20. The Hall–Kier alpha value is -2.81. The van der Waals surface area contributed by atoms with E-state index in [1.54, 1.807) is 12.1 Å². The van der Waals surface area contributed by atoms with Gasteiger partial charge in [-0.2, -0.15) is 5.26 Å². The lowest BCUT2D eigenvalue weighted by Gasteiger charge is -2.10. The quantitative estimate of drug-likeness (QED) is 0.806. The third-order valence-corrected chi connectivity index (χ3v) is 2.45. The summed E-state index contributed by atoms with van der Waals surface area (Å²) in [6.07, 6.45) is 1.17. The van der Waals surface area contributed by atoms with E-state index in [2.05, 4.69) is 10.4 Å². The van der Waals surface area contributed by atoms with Crippen LogP contribution < -0.4 is 16.7 Å². The van der Waals surface area contributed by atoms with Crippen molar-refractivity contribution in [1.29, 1.82) is 5.26 Å². The van der Waals surface area contributed by atoms with Crippen LogP contribution in [0, 0.1) is 18.3 Å². The maximum atomic E-state index is 11.6. The highest BCUT2D eigenvalue weighted by Gasteiger charge is 2.04. The van der Waals surface area contributed by atoms with Crippen LogP contribution in [-0.2, 0) is 0 Å². The number of hydrogen-bond acceptors (Lipinski definition) is 4. The van der Waals surface area contributed by atoms with Gasteiger partial charge in [0.1, 0.15) is 11.6 Å². The molecule has 0 aliphatic rings. The monoisotopic (exact) mass is 242 g/mol. The van der Waals surface area contributed by atoms with Crippen LogP contribution in [0.2, 0.25) is 0 Å². The highest BCUT2D eigenvalue weighted by molar-refractivity contribution is 5.49. The van der Waals surface area contributed by atoms with E-state index < -0.39 is 11.2 Å². The molecule has 90 valence electrons. The van der Waals surface area contributed by atoms with Gasteiger partial charge in [0.25, 0.3) is 5.56 Å². The predicted octanol–water partition coefficient (Wildman–Crippen LogP) is 0.592. The van der Waals surface area contributed by atoms with Crippen LogP contribution >= 0.6 is 0 Å². The second-order valence-corrected chi connectivity index (χ2v) is 3.71. The van der Waals surface area contributed by atoms with E-state index in [1.165, 1.54) is 6.20 Å². The molecule has 0 saturated carbocycles. The first kappa shape index (κ1) is 11.7. The van der Waals surface area contributed by atoms with Gasteiger partial charge in [0.15, 0.2) is 0 Å². The Kier molecular flexibility index (Phi) is 2.98. The number of hydrogen-bond donors (Lipinski definition) is 2. The molecule has 2 rings (SSSR count). The average molecular weight is 242 g/mol. The number of aromatic nitrogens is 2. The molecule has 2 N–H and O–H groups in total. The van der Waals surface area contributed by atoms with Crippen molar-refractivity contribution in [1.82, 2.24) is 9.66 Å². The third kappa shape index (κ3) is 2.15.